The molecule has 1 saturated heterocycles. The third kappa shape index (κ3) is 3.56. The van der Waals surface area contributed by atoms with Gasteiger partial charge in [0.05, 0.1) is 0 Å². The topological polar surface area (TPSA) is 80.2 Å². The van der Waals surface area contributed by atoms with Gasteiger partial charge in [0.15, 0.2) is 10.8 Å². The van der Waals surface area contributed by atoms with Crippen LogP contribution in [0, 0.1) is 0 Å². The quantitative estimate of drug-likeness (QED) is 0.639. The Morgan fingerprint density at radius 3 is 2.93 bits per heavy atom. The van der Waals surface area contributed by atoms with Gasteiger partial charge in [-0.15, -0.1) is 0 Å². The van der Waals surface area contributed by atoms with Gasteiger partial charge in [0.25, 0.3) is 5.91 Å². The molecule has 1 N–H and O–H groups in total. The summed E-state index contributed by atoms with van der Waals surface area (Å²) in [5.74, 6) is 1.13. The van der Waals surface area contributed by atoms with E-state index in [0.717, 1.165) is 42.8 Å². The second-order valence-electron chi connectivity index (χ2n) is 7.89. The Hall–Kier alpha value is -2.52. The van der Waals surface area contributed by atoms with Gasteiger partial charge in [-0.1, -0.05) is 42.3 Å². The molecule has 7 nitrogen and oxygen atoms in total. The molecular formula is C21H24BN5O2S. The van der Waals surface area contributed by atoms with Crippen molar-refractivity contribution in [3.63, 3.8) is 0 Å². The number of fused-ring (bicyclic) bond motifs is 2. The maximum absolute atomic E-state index is 12.8. The summed E-state index contributed by atoms with van der Waals surface area (Å²) in [6.07, 6.45) is 5.53. The van der Waals surface area contributed by atoms with Crippen molar-refractivity contribution in [3.8, 4) is 0 Å². The molecule has 4 heterocycles. The van der Waals surface area contributed by atoms with Crippen LogP contribution in [0.15, 0.2) is 30.6 Å². The zero-order valence-electron chi connectivity index (χ0n) is 17.0. The van der Waals surface area contributed by atoms with E-state index in [1.54, 1.807) is 6.33 Å². The van der Waals surface area contributed by atoms with Gasteiger partial charge in [-0.05, 0) is 24.5 Å². The largest absolute Gasteiger partial charge is 0.381 e. The van der Waals surface area contributed by atoms with E-state index in [-0.39, 0.29) is 11.9 Å². The van der Waals surface area contributed by atoms with Gasteiger partial charge in [0, 0.05) is 37.4 Å². The average molecular weight is 421 g/mol. The molecule has 154 valence electrons. The van der Waals surface area contributed by atoms with Crippen LogP contribution in [0.2, 0.25) is 6.32 Å². The van der Waals surface area contributed by atoms with Crippen LogP contribution in [-0.4, -0.2) is 54.5 Å². The number of hydrogen-bond donors (Lipinski definition) is 1. The molecule has 2 aromatic heterocycles. The number of para-hydroxylation sites is 1. The van der Waals surface area contributed by atoms with Crippen LogP contribution in [0.5, 0.6) is 0 Å². The number of nitrogens with one attached hydrogen (secondary N) is 1. The molecular weight excluding hydrogens is 397 g/mol. The number of amides is 1. The van der Waals surface area contributed by atoms with E-state index in [1.807, 2.05) is 0 Å². The molecule has 9 heteroatoms. The summed E-state index contributed by atoms with van der Waals surface area (Å²) in [5.41, 5.74) is 3.24. The molecule has 0 aliphatic carbocycles. The maximum atomic E-state index is 12.8. The van der Waals surface area contributed by atoms with Gasteiger partial charge in [-0.2, -0.15) is 0 Å². The number of anilines is 2. The molecule has 2 aliphatic rings. The monoisotopic (exact) mass is 421 g/mol. The van der Waals surface area contributed by atoms with Crippen LogP contribution < -0.4 is 10.2 Å². The summed E-state index contributed by atoms with van der Waals surface area (Å²) in [6, 6.07) is 8.66. The number of hydrogen-bond acceptors (Lipinski definition) is 7. The summed E-state index contributed by atoms with van der Waals surface area (Å²) in [7, 11) is 2.22. The Balaban J connectivity index is 1.47. The van der Waals surface area contributed by atoms with Gasteiger partial charge in [-0.25, -0.2) is 15.0 Å². The molecule has 1 amide bonds. The lowest BCUT2D eigenvalue weighted by Gasteiger charge is -2.22. The molecule has 3 aromatic rings. The Bertz CT molecular complexity index is 1070. The first-order chi connectivity index (χ1) is 14.7. The van der Waals surface area contributed by atoms with Gasteiger partial charge < -0.3 is 15.0 Å². The fraction of sp³-hybridized carbons (Fsp3) is 0.429. The number of nitrogens with zero attached hydrogens (tertiary/aromatic N) is 4. The fourth-order valence-electron chi connectivity index (χ4n) is 4.42. The van der Waals surface area contributed by atoms with Crippen molar-refractivity contribution in [2.45, 2.75) is 37.5 Å². The molecule has 0 saturated carbocycles. The lowest BCUT2D eigenvalue weighted by atomic mass is 9.90. The minimum absolute atomic E-state index is 0.137. The maximum Gasteiger partial charge on any atom is 0.280 e. The SMILES string of the molecule is BCCC1CN(c2ncnc3sc(C(=O)NC4CCOCC4)nc23)c2ccccc21. The Morgan fingerprint density at radius 1 is 1.27 bits per heavy atom. The molecule has 1 aromatic carbocycles. The first-order valence-corrected chi connectivity index (χ1v) is 11.4. The third-order valence-corrected chi connectivity index (χ3v) is 6.85. The lowest BCUT2D eigenvalue weighted by molar-refractivity contribution is 0.0696. The normalized spacial score (nSPS) is 19.2. The van der Waals surface area contributed by atoms with E-state index in [0.29, 0.717) is 29.7 Å². The molecule has 1 unspecified atom stereocenters. The predicted molar refractivity (Wildman–Crippen MR) is 121 cm³/mol. The highest BCUT2D eigenvalue weighted by molar-refractivity contribution is 7.20. The van der Waals surface area contributed by atoms with Crippen molar-refractivity contribution in [3.05, 3.63) is 41.2 Å². The van der Waals surface area contributed by atoms with Gasteiger partial charge in [-0.3, -0.25) is 4.79 Å². The van der Waals surface area contributed by atoms with Crippen molar-refractivity contribution < 1.29 is 9.53 Å². The molecule has 0 spiro atoms. The van der Waals surface area contributed by atoms with Crippen LogP contribution in [0.3, 0.4) is 0 Å². The van der Waals surface area contributed by atoms with E-state index in [9.17, 15) is 4.79 Å². The highest BCUT2D eigenvalue weighted by atomic mass is 32.1. The van der Waals surface area contributed by atoms with E-state index in [4.69, 9.17) is 4.74 Å². The molecule has 5 rings (SSSR count). The van der Waals surface area contributed by atoms with Crippen LogP contribution >= 0.6 is 11.3 Å². The summed E-state index contributed by atoms with van der Waals surface area (Å²) in [5, 5.41) is 3.53. The first kappa shape index (κ1) is 19.4. The molecule has 1 atom stereocenters. The number of ether oxygens (including phenoxy) is 1. The first-order valence-electron chi connectivity index (χ1n) is 10.6. The van der Waals surface area contributed by atoms with Crippen molar-refractivity contribution in [2.75, 3.05) is 24.7 Å². The molecule has 0 radical (unpaired) electrons. The molecule has 2 aliphatic heterocycles. The number of rotatable bonds is 5. The number of thiazole rings is 1. The molecule has 0 bridgehead atoms. The number of carbonyl (C=O) groups excluding carboxylic acids is 1. The minimum Gasteiger partial charge on any atom is -0.381 e. The number of aromatic nitrogens is 3. The van der Waals surface area contributed by atoms with E-state index in [1.165, 1.54) is 22.6 Å². The summed E-state index contributed by atoms with van der Waals surface area (Å²) >= 11 is 1.33. The summed E-state index contributed by atoms with van der Waals surface area (Å²) in [4.78, 5) is 29.4. The van der Waals surface area contributed by atoms with E-state index < -0.39 is 0 Å². The van der Waals surface area contributed by atoms with Gasteiger partial charge >= 0.3 is 0 Å². The highest BCUT2D eigenvalue weighted by Gasteiger charge is 2.31. The summed E-state index contributed by atoms with van der Waals surface area (Å²) < 4.78 is 5.37. The highest BCUT2D eigenvalue weighted by Crippen LogP contribution is 2.43. The fourth-order valence-corrected chi connectivity index (χ4v) is 5.22. The van der Waals surface area contributed by atoms with E-state index in [2.05, 4.69) is 57.3 Å². The smallest absolute Gasteiger partial charge is 0.280 e. The average Bonchev–Trinajstić information content (AvgIpc) is 3.37. The third-order valence-electron chi connectivity index (χ3n) is 5.89. The Labute approximate surface area is 180 Å². The van der Waals surface area contributed by atoms with Crippen molar-refractivity contribution in [2.24, 2.45) is 0 Å². The Kier molecular flexibility index (Phi) is 5.39. The standard InChI is InChI=1S/C21H24BN5O2S/c22-8-5-13-11-27(16-4-2-1-3-15(13)16)18-17-20(24-12-23-18)30-21(26-17)19(28)25-14-6-9-29-10-7-14/h1-4,12-14H,5-11,22H2,(H,25,28). The Morgan fingerprint density at radius 2 is 2.10 bits per heavy atom. The van der Waals surface area contributed by atoms with Crippen LogP contribution in [0.1, 0.15) is 40.5 Å². The number of benzene rings is 1. The summed E-state index contributed by atoms with van der Waals surface area (Å²) in [6.45, 7) is 2.25. The van der Waals surface area contributed by atoms with Crippen LogP contribution in [-0.2, 0) is 4.74 Å². The van der Waals surface area contributed by atoms with Crippen molar-refractivity contribution >= 4 is 46.9 Å². The number of carbonyl (C=O) groups is 1. The predicted octanol–water partition coefficient (Wildman–Crippen LogP) is 2.67. The van der Waals surface area contributed by atoms with Crippen molar-refractivity contribution in [1.29, 1.82) is 0 Å². The van der Waals surface area contributed by atoms with Gasteiger partial charge in [0.2, 0.25) is 0 Å². The van der Waals surface area contributed by atoms with Gasteiger partial charge in [0.1, 0.15) is 24.5 Å². The minimum atomic E-state index is -0.137. The van der Waals surface area contributed by atoms with Crippen LogP contribution in [0.4, 0.5) is 11.5 Å². The molecule has 1 fully saturated rings. The lowest BCUT2D eigenvalue weighted by Crippen LogP contribution is -2.38. The van der Waals surface area contributed by atoms with Crippen LogP contribution in [0.25, 0.3) is 10.3 Å². The second kappa shape index (κ2) is 8.31. The zero-order chi connectivity index (χ0) is 20.5. The molecule has 30 heavy (non-hydrogen) atoms. The zero-order valence-corrected chi connectivity index (χ0v) is 17.8. The van der Waals surface area contributed by atoms with Crippen molar-refractivity contribution in [1.82, 2.24) is 20.3 Å². The second-order valence-corrected chi connectivity index (χ2v) is 8.86. The van der Waals surface area contributed by atoms with E-state index >= 15 is 0 Å².